The van der Waals surface area contributed by atoms with Crippen molar-refractivity contribution >= 4 is 37.7 Å². The molecule has 1 aliphatic rings. The summed E-state index contributed by atoms with van der Waals surface area (Å²) in [6.45, 7) is 2.20. The summed E-state index contributed by atoms with van der Waals surface area (Å²) in [6, 6.07) is 2.35. The van der Waals surface area contributed by atoms with Gasteiger partial charge < -0.3 is 9.47 Å². The van der Waals surface area contributed by atoms with Crippen LogP contribution in [0.2, 0.25) is 0 Å². The molecule has 0 saturated carbocycles. The van der Waals surface area contributed by atoms with Gasteiger partial charge in [-0.1, -0.05) is 15.9 Å². The normalized spacial score (nSPS) is 19.8. The number of Topliss-reactive ketones (excluding diaryl/α,β-unsaturated/α-hetero) is 1. The Hall–Kier alpha value is -2.01. The molecule has 1 heterocycles. The van der Waals surface area contributed by atoms with E-state index in [0.717, 1.165) is 19.1 Å². The molecule has 1 aliphatic heterocycles. The monoisotopic (exact) mass is 467 g/mol. The molecule has 1 aromatic carbocycles. The van der Waals surface area contributed by atoms with E-state index in [1.165, 1.54) is 6.92 Å². The molecule has 0 fully saturated rings. The molecular weight excluding hydrogens is 452 g/mol. The van der Waals surface area contributed by atoms with Crippen LogP contribution in [0.25, 0.3) is 0 Å². The summed E-state index contributed by atoms with van der Waals surface area (Å²) >= 11 is 3.10. The molecule has 7 nitrogen and oxygen atoms in total. The van der Waals surface area contributed by atoms with E-state index in [1.54, 1.807) is 0 Å². The molecule has 1 N–H and O–H groups in total. The van der Waals surface area contributed by atoms with E-state index in [9.17, 15) is 26.8 Å². The molecule has 148 valence electrons. The van der Waals surface area contributed by atoms with Gasteiger partial charge in [0, 0.05) is 23.9 Å². The predicted octanol–water partition coefficient (Wildman–Crippen LogP) is 2.22. The van der Waals surface area contributed by atoms with E-state index in [1.807, 2.05) is 0 Å². The summed E-state index contributed by atoms with van der Waals surface area (Å²) in [5.41, 5.74) is -2.19. The SMILES string of the molecule is CC(=O)OC1=C(NS(=O)(=O)CCCBr)OC(C)(c2cc(F)cc(F)c2)C1=O. The number of hydrogen-bond donors (Lipinski definition) is 1. The zero-order chi connectivity index (χ0) is 20.4. The van der Waals surface area contributed by atoms with E-state index in [-0.39, 0.29) is 17.7 Å². The number of carbonyl (C=O) groups excluding carboxylic acids is 2. The minimum absolute atomic E-state index is 0.204. The lowest BCUT2D eigenvalue weighted by atomic mass is 9.91. The maximum Gasteiger partial charge on any atom is 0.308 e. The average molecular weight is 468 g/mol. The molecule has 0 radical (unpaired) electrons. The first-order valence-corrected chi connectivity index (χ1v) is 10.5. The Morgan fingerprint density at radius 3 is 2.41 bits per heavy atom. The lowest BCUT2D eigenvalue weighted by molar-refractivity contribution is -0.142. The quantitative estimate of drug-likeness (QED) is 0.487. The van der Waals surface area contributed by atoms with E-state index in [0.29, 0.717) is 11.4 Å². The van der Waals surface area contributed by atoms with Crippen LogP contribution >= 0.6 is 15.9 Å². The molecule has 2 rings (SSSR count). The van der Waals surface area contributed by atoms with Crippen LogP contribution in [-0.2, 0) is 34.7 Å². The number of ketones is 1. The van der Waals surface area contributed by atoms with Crippen molar-refractivity contribution in [1.82, 2.24) is 4.72 Å². The molecular formula is C16H16BrF2NO6S. The second-order valence-electron chi connectivity index (χ2n) is 5.84. The summed E-state index contributed by atoms with van der Waals surface area (Å²) in [7, 11) is -3.92. The number of carbonyl (C=O) groups is 2. The third-order valence-corrected chi connectivity index (χ3v) is 5.49. The van der Waals surface area contributed by atoms with Gasteiger partial charge in [-0.05, 0) is 25.5 Å². The van der Waals surface area contributed by atoms with Crippen molar-refractivity contribution in [2.75, 3.05) is 11.1 Å². The largest absolute Gasteiger partial charge is 0.456 e. The summed E-state index contributed by atoms with van der Waals surface area (Å²) < 4.78 is 63.6. The molecule has 1 atom stereocenters. The average Bonchev–Trinajstić information content (AvgIpc) is 2.77. The molecule has 0 aromatic heterocycles. The van der Waals surface area contributed by atoms with Crippen LogP contribution in [0.4, 0.5) is 8.78 Å². The Kier molecular flexibility index (Phi) is 6.25. The standard InChI is InChI=1S/C16H16BrF2NO6S/c1-9(21)25-13-14(22)16(2,10-6-11(18)8-12(19)7-10)26-15(13)20-27(23,24)5-3-4-17/h6-8,20H,3-5H2,1-2H3. The van der Waals surface area contributed by atoms with Crippen molar-refractivity contribution in [3.63, 3.8) is 0 Å². The first-order chi connectivity index (χ1) is 12.5. The number of esters is 1. The highest BCUT2D eigenvalue weighted by molar-refractivity contribution is 9.09. The lowest BCUT2D eigenvalue weighted by Crippen LogP contribution is -2.33. The number of rotatable bonds is 7. The fourth-order valence-corrected chi connectivity index (χ4v) is 4.07. The first-order valence-electron chi connectivity index (χ1n) is 7.68. The molecule has 0 amide bonds. The van der Waals surface area contributed by atoms with Gasteiger partial charge >= 0.3 is 5.97 Å². The van der Waals surface area contributed by atoms with Gasteiger partial charge in [-0.25, -0.2) is 17.2 Å². The van der Waals surface area contributed by atoms with Gasteiger partial charge in [-0.15, -0.1) is 0 Å². The predicted molar refractivity (Wildman–Crippen MR) is 93.9 cm³/mol. The van der Waals surface area contributed by atoms with Gasteiger partial charge in [0.1, 0.15) is 11.6 Å². The Morgan fingerprint density at radius 1 is 1.30 bits per heavy atom. The Bertz CT molecular complexity index is 897. The van der Waals surface area contributed by atoms with Crippen LogP contribution < -0.4 is 4.72 Å². The van der Waals surface area contributed by atoms with Crippen molar-refractivity contribution in [1.29, 1.82) is 0 Å². The van der Waals surface area contributed by atoms with Gasteiger partial charge in [-0.2, -0.15) is 0 Å². The van der Waals surface area contributed by atoms with Crippen LogP contribution in [0, 0.1) is 11.6 Å². The Labute approximate surface area is 162 Å². The highest BCUT2D eigenvalue weighted by Gasteiger charge is 2.50. The molecule has 0 saturated heterocycles. The van der Waals surface area contributed by atoms with Crippen molar-refractivity contribution in [3.8, 4) is 0 Å². The lowest BCUT2D eigenvalue weighted by Gasteiger charge is -2.23. The van der Waals surface area contributed by atoms with Crippen LogP contribution in [0.15, 0.2) is 29.8 Å². The topological polar surface area (TPSA) is 98.8 Å². The van der Waals surface area contributed by atoms with Crippen LogP contribution in [-0.4, -0.2) is 31.3 Å². The maximum atomic E-state index is 13.6. The van der Waals surface area contributed by atoms with Gasteiger partial charge in [0.2, 0.25) is 21.7 Å². The van der Waals surface area contributed by atoms with E-state index >= 15 is 0 Å². The zero-order valence-corrected chi connectivity index (χ0v) is 16.7. The zero-order valence-electron chi connectivity index (χ0n) is 14.3. The van der Waals surface area contributed by atoms with Crippen molar-refractivity contribution in [2.45, 2.75) is 25.9 Å². The number of hydrogen-bond acceptors (Lipinski definition) is 6. The number of sulfonamides is 1. The fourth-order valence-electron chi connectivity index (χ4n) is 2.38. The Balaban J connectivity index is 2.45. The molecule has 27 heavy (non-hydrogen) atoms. The van der Waals surface area contributed by atoms with Crippen molar-refractivity contribution in [3.05, 3.63) is 47.0 Å². The van der Waals surface area contributed by atoms with Gasteiger partial charge in [0.15, 0.2) is 5.60 Å². The summed E-state index contributed by atoms with van der Waals surface area (Å²) in [5.74, 6) is -5.35. The van der Waals surface area contributed by atoms with E-state index in [2.05, 4.69) is 20.7 Å². The number of ether oxygens (including phenoxy) is 2. The minimum Gasteiger partial charge on any atom is -0.456 e. The summed E-state index contributed by atoms with van der Waals surface area (Å²) in [6.07, 6.45) is 0.270. The second kappa shape index (κ2) is 7.93. The number of nitrogens with one attached hydrogen (secondary N) is 1. The van der Waals surface area contributed by atoms with Crippen LogP contribution in [0.1, 0.15) is 25.8 Å². The summed E-state index contributed by atoms with van der Waals surface area (Å²) in [4.78, 5) is 24.1. The Morgan fingerprint density at radius 2 is 1.89 bits per heavy atom. The fraction of sp³-hybridized carbons (Fsp3) is 0.375. The number of halogens is 3. The smallest absolute Gasteiger partial charge is 0.308 e. The third-order valence-electron chi connectivity index (χ3n) is 3.61. The summed E-state index contributed by atoms with van der Waals surface area (Å²) in [5, 5.41) is 0.420. The first kappa shape index (κ1) is 21.3. The number of alkyl halides is 1. The molecule has 0 aliphatic carbocycles. The van der Waals surface area contributed by atoms with Crippen molar-refractivity contribution in [2.24, 2.45) is 0 Å². The molecule has 1 aromatic rings. The molecule has 0 spiro atoms. The maximum absolute atomic E-state index is 13.6. The minimum atomic E-state index is -3.92. The second-order valence-corrected chi connectivity index (χ2v) is 8.47. The third kappa shape index (κ3) is 4.83. The van der Waals surface area contributed by atoms with Crippen LogP contribution in [0.3, 0.4) is 0 Å². The number of benzene rings is 1. The highest BCUT2D eigenvalue weighted by Crippen LogP contribution is 2.39. The van der Waals surface area contributed by atoms with E-state index < -0.39 is 50.7 Å². The van der Waals surface area contributed by atoms with Gasteiger partial charge in [0.05, 0.1) is 5.75 Å². The van der Waals surface area contributed by atoms with E-state index in [4.69, 9.17) is 9.47 Å². The molecule has 11 heteroatoms. The van der Waals surface area contributed by atoms with Gasteiger partial charge in [-0.3, -0.25) is 14.3 Å². The van der Waals surface area contributed by atoms with Gasteiger partial charge in [0.25, 0.3) is 5.78 Å². The van der Waals surface area contributed by atoms with Crippen LogP contribution in [0.5, 0.6) is 0 Å². The highest BCUT2D eigenvalue weighted by atomic mass is 79.9. The van der Waals surface area contributed by atoms with Crippen molar-refractivity contribution < 1.29 is 36.3 Å². The molecule has 0 bridgehead atoms. The molecule has 1 unspecified atom stereocenters.